The quantitative estimate of drug-likeness (QED) is 0.252. The van der Waals surface area contributed by atoms with Gasteiger partial charge < -0.3 is 15.4 Å². The van der Waals surface area contributed by atoms with Crippen molar-refractivity contribution in [2.75, 3.05) is 19.7 Å². The van der Waals surface area contributed by atoms with Crippen molar-refractivity contribution in [3.05, 3.63) is 45.9 Å². The average Bonchev–Trinajstić information content (AvgIpc) is 3.02. The van der Waals surface area contributed by atoms with E-state index in [1.807, 2.05) is 18.3 Å². The maximum absolute atomic E-state index is 5.78. The summed E-state index contributed by atoms with van der Waals surface area (Å²) >= 11 is 1.68. The van der Waals surface area contributed by atoms with Gasteiger partial charge in [0.15, 0.2) is 5.96 Å². The Labute approximate surface area is 177 Å². The normalized spacial score (nSPS) is 11.2. The molecule has 0 unspecified atom stereocenters. The average molecular weight is 488 g/mol. The first kappa shape index (κ1) is 22.7. The molecule has 1 aromatic carbocycles. The second kappa shape index (κ2) is 12.1. The van der Waals surface area contributed by atoms with Gasteiger partial charge in [0, 0.05) is 17.6 Å². The monoisotopic (exact) mass is 488 g/mol. The topological polar surface area (TPSA) is 58.5 Å². The minimum atomic E-state index is 0. The number of aryl methyl sites for hydroxylation is 1. The molecule has 1 heterocycles. The fourth-order valence-corrected chi connectivity index (χ4v) is 2.96. The molecule has 0 atom stereocenters. The summed E-state index contributed by atoms with van der Waals surface area (Å²) in [5, 5.41) is 7.55. The molecule has 0 spiro atoms. The molecule has 2 aromatic rings. The summed E-state index contributed by atoms with van der Waals surface area (Å²) in [6.45, 7) is 11.2. The Balaban J connectivity index is 0.00000338. The molecule has 2 rings (SSSR count). The van der Waals surface area contributed by atoms with Crippen molar-refractivity contribution in [2.24, 2.45) is 4.99 Å². The van der Waals surface area contributed by atoms with E-state index in [1.165, 1.54) is 10.4 Å². The van der Waals surface area contributed by atoms with Gasteiger partial charge in [-0.25, -0.2) is 9.98 Å². The lowest BCUT2D eigenvalue weighted by Crippen LogP contribution is -2.39. The van der Waals surface area contributed by atoms with Crippen molar-refractivity contribution in [2.45, 2.75) is 40.2 Å². The van der Waals surface area contributed by atoms with Crippen molar-refractivity contribution in [1.29, 1.82) is 0 Å². The molecule has 0 aliphatic carbocycles. The van der Waals surface area contributed by atoms with Gasteiger partial charge in [-0.3, -0.25) is 0 Å². The maximum Gasteiger partial charge on any atom is 0.191 e. The van der Waals surface area contributed by atoms with Crippen LogP contribution in [-0.4, -0.2) is 30.6 Å². The Morgan fingerprint density at radius 2 is 1.96 bits per heavy atom. The molecule has 26 heavy (non-hydrogen) atoms. The summed E-state index contributed by atoms with van der Waals surface area (Å²) in [5.74, 6) is 2.22. The highest BCUT2D eigenvalue weighted by atomic mass is 127. The van der Waals surface area contributed by atoms with Gasteiger partial charge in [-0.1, -0.05) is 26.0 Å². The van der Waals surface area contributed by atoms with Crippen LogP contribution < -0.4 is 15.4 Å². The number of ether oxygens (including phenoxy) is 1. The number of nitrogens with one attached hydrogen (secondary N) is 2. The lowest BCUT2D eigenvalue weighted by atomic mass is 10.0. The Hall–Kier alpha value is -1.35. The number of thiazole rings is 1. The van der Waals surface area contributed by atoms with Gasteiger partial charge in [0.05, 0.1) is 13.1 Å². The fourth-order valence-electron chi connectivity index (χ4n) is 2.25. The standard InChI is InChI=1S/C19H28N4OS.HI/c1-5-20-19(23-13-18-22-12-15(4)25-18)21-10-11-24-17-8-6-16(7-9-17)14(2)3;/h6-9,12,14H,5,10-11,13H2,1-4H3,(H2,20,21,23);1H. The van der Waals surface area contributed by atoms with Crippen molar-refractivity contribution in [1.82, 2.24) is 15.6 Å². The van der Waals surface area contributed by atoms with Crippen LogP contribution in [0, 0.1) is 6.92 Å². The molecule has 2 N–H and O–H groups in total. The van der Waals surface area contributed by atoms with Gasteiger partial charge in [-0.15, -0.1) is 35.3 Å². The Morgan fingerprint density at radius 3 is 2.54 bits per heavy atom. The number of nitrogens with zero attached hydrogens (tertiary/aromatic N) is 2. The van der Waals surface area contributed by atoms with E-state index in [1.54, 1.807) is 11.3 Å². The lowest BCUT2D eigenvalue weighted by Gasteiger charge is -2.12. The summed E-state index contributed by atoms with van der Waals surface area (Å²) in [4.78, 5) is 10.1. The molecule has 5 nitrogen and oxygen atoms in total. The molecular weight excluding hydrogens is 459 g/mol. The molecule has 144 valence electrons. The van der Waals surface area contributed by atoms with E-state index < -0.39 is 0 Å². The Morgan fingerprint density at radius 1 is 1.23 bits per heavy atom. The summed E-state index contributed by atoms with van der Waals surface area (Å²) in [6.07, 6.45) is 1.88. The van der Waals surface area contributed by atoms with E-state index in [0.717, 1.165) is 23.3 Å². The van der Waals surface area contributed by atoms with E-state index >= 15 is 0 Å². The fraction of sp³-hybridized carbons (Fsp3) is 0.474. The highest BCUT2D eigenvalue weighted by Gasteiger charge is 2.02. The zero-order valence-corrected chi connectivity index (χ0v) is 19.1. The van der Waals surface area contributed by atoms with Gasteiger partial charge in [0.2, 0.25) is 0 Å². The zero-order valence-electron chi connectivity index (χ0n) is 15.9. The number of hydrogen-bond acceptors (Lipinski definition) is 4. The van der Waals surface area contributed by atoms with E-state index in [4.69, 9.17) is 4.74 Å². The van der Waals surface area contributed by atoms with Crippen LogP contribution >= 0.6 is 35.3 Å². The van der Waals surface area contributed by atoms with Gasteiger partial charge >= 0.3 is 0 Å². The summed E-state index contributed by atoms with van der Waals surface area (Å²) in [5.41, 5.74) is 1.32. The molecule has 0 radical (unpaired) electrons. The van der Waals surface area contributed by atoms with Crippen LogP contribution in [0.15, 0.2) is 35.5 Å². The largest absolute Gasteiger partial charge is 0.492 e. The molecule has 0 aliphatic rings. The highest BCUT2D eigenvalue weighted by molar-refractivity contribution is 14.0. The van der Waals surface area contributed by atoms with E-state index in [9.17, 15) is 0 Å². The summed E-state index contributed by atoms with van der Waals surface area (Å²) < 4.78 is 5.78. The third-order valence-electron chi connectivity index (χ3n) is 3.60. The van der Waals surface area contributed by atoms with Gasteiger partial charge in [-0.05, 0) is 37.5 Å². The molecule has 0 saturated carbocycles. The summed E-state index contributed by atoms with van der Waals surface area (Å²) in [6, 6.07) is 8.29. The number of hydrogen-bond donors (Lipinski definition) is 2. The molecular formula is C19H29IN4OS. The zero-order chi connectivity index (χ0) is 18.1. The van der Waals surface area contributed by atoms with Gasteiger partial charge in [0.1, 0.15) is 17.4 Å². The lowest BCUT2D eigenvalue weighted by molar-refractivity contribution is 0.322. The Bertz CT molecular complexity index is 670. The minimum absolute atomic E-state index is 0. The smallest absolute Gasteiger partial charge is 0.191 e. The van der Waals surface area contributed by atoms with E-state index in [-0.39, 0.29) is 24.0 Å². The van der Waals surface area contributed by atoms with Crippen molar-refractivity contribution in [3.8, 4) is 5.75 Å². The molecule has 1 aromatic heterocycles. The minimum Gasteiger partial charge on any atom is -0.492 e. The van der Waals surface area contributed by atoms with Gasteiger partial charge in [0.25, 0.3) is 0 Å². The first-order chi connectivity index (χ1) is 12.1. The third-order valence-corrected chi connectivity index (χ3v) is 4.49. The van der Waals surface area contributed by atoms with Gasteiger partial charge in [-0.2, -0.15) is 0 Å². The van der Waals surface area contributed by atoms with Crippen LogP contribution in [0.25, 0.3) is 0 Å². The Kier molecular flexibility index (Phi) is 10.6. The molecule has 0 aliphatic heterocycles. The predicted molar refractivity (Wildman–Crippen MR) is 121 cm³/mol. The van der Waals surface area contributed by atoms with Crippen molar-refractivity contribution >= 4 is 41.3 Å². The maximum atomic E-state index is 5.78. The number of aromatic nitrogens is 1. The first-order valence-electron chi connectivity index (χ1n) is 8.74. The molecule has 7 heteroatoms. The molecule has 0 bridgehead atoms. The number of rotatable bonds is 8. The molecule has 0 amide bonds. The van der Waals surface area contributed by atoms with Crippen molar-refractivity contribution < 1.29 is 4.74 Å². The van der Waals surface area contributed by atoms with Crippen LogP contribution in [0.3, 0.4) is 0 Å². The van der Waals surface area contributed by atoms with Crippen LogP contribution in [0.1, 0.15) is 42.1 Å². The second-order valence-corrected chi connectivity index (χ2v) is 7.38. The predicted octanol–water partition coefficient (Wildman–Crippen LogP) is 4.33. The number of aliphatic imine (C=N–C) groups is 1. The summed E-state index contributed by atoms with van der Waals surface area (Å²) in [7, 11) is 0. The third kappa shape index (κ3) is 7.90. The van der Waals surface area contributed by atoms with Crippen molar-refractivity contribution in [3.63, 3.8) is 0 Å². The number of guanidine groups is 1. The van der Waals surface area contributed by atoms with E-state index in [0.29, 0.717) is 25.6 Å². The van der Waals surface area contributed by atoms with Crippen LogP contribution in [0.2, 0.25) is 0 Å². The first-order valence-corrected chi connectivity index (χ1v) is 9.56. The van der Waals surface area contributed by atoms with Crippen LogP contribution in [-0.2, 0) is 6.54 Å². The molecule has 0 fully saturated rings. The van der Waals surface area contributed by atoms with E-state index in [2.05, 4.69) is 60.4 Å². The molecule has 0 saturated heterocycles. The SMILES string of the molecule is CCNC(=NCc1ncc(C)s1)NCCOc1ccc(C(C)C)cc1.I. The van der Waals surface area contributed by atoms with Crippen LogP contribution in [0.4, 0.5) is 0 Å². The van der Waals surface area contributed by atoms with Crippen LogP contribution in [0.5, 0.6) is 5.75 Å². The second-order valence-electron chi connectivity index (χ2n) is 6.06. The number of benzene rings is 1. The number of halogens is 1. The highest BCUT2D eigenvalue weighted by Crippen LogP contribution is 2.18.